The number of ether oxygens (including phenoxy) is 2. The number of rotatable bonds is 7. The molecule has 2 aliphatic heterocycles. The molecular weight excluding hydrogens is 462 g/mol. The van der Waals surface area contributed by atoms with E-state index in [1.807, 2.05) is 0 Å². The van der Waals surface area contributed by atoms with Gasteiger partial charge in [-0.15, -0.1) is 0 Å². The molecule has 10 nitrogen and oxygen atoms in total. The lowest BCUT2D eigenvalue weighted by atomic mass is 10.1. The van der Waals surface area contributed by atoms with Crippen molar-refractivity contribution in [3.63, 3.8) is 0 Å². The van der Waals surface area contributed by atoms with Crippen molar-refractivity contribution in [3.8, 4) is 17.2 Å². The van der Waals surface area contributed by atoms with E-state index in [2.05, 4.69) is 5.32 Å². The minimum Gasteiger partial charge on any atom is -0.506 e. The van der Waals surface area contributed by atoms with Crippen LogP contribution in [0.25, 0.3) is 0 Å². The largest absolute Gasteiger partial charge is 0.506 e. The second kappa shape index (κ2) is 9.51. The Morgan fingerprint density at radius 2 is 1.82 bits per heavy atom. The summed E-state index contributed by atoms with van der Waals surface area (Å²) in [6, 6.07) is 8.92. The first kappa shape index (κ1) is 23.8. The average molecular weight is 490 g/mol. The first-order chi connectivity index (χ1) is 16.2. The number of aromatic hydroxyl groups is 1. The van der Waals surface area contributed by atoms with Gasteiger partial charge < -0.3 is 24.8 Å². The van der Waals surface area contributed by atoms with Crippen LogP contribution in [0.3, 0.4) is 0 Å². The van der Waals surface area contributed by atoms with Crippen LogP contribution in [-0.4, -0.2) is 62.5 Å². The summed E-state index contributed by atoms with van der Waals surface area (Å²) >= 11 is 0. The van der Waals surface area contributed by atoms with E-state index >= 15 is 0 Å². The Balaban J connectivity index is 1.50. The lowest BCUT2D eigenvalue weighted by molar-refractivity contribution is -0.122. The van der Waals surface area contributed by atoms with E-state index in [9.17, 15) is 23.1 Å². The summed E-state index contributed by atoms with van der Waals surface area (Å²) in [7, 11) is -3.77. The first-order valence-electron chi connectivity index (χ1n) is 11.1. The van der Waals surface area contributed by atoms with Crippen LogP contribution in [0.15, 0.2) is 41.3 Å². The summed E-state index contributed by atoms with van der Waals surface area (Å²) in [4.78, 5) is 27.0. The molecule has 0 radical (unpaired) electrons. The molecule has 2 N–H and O–H groups in total. The third kappa shape index (κ3) is 4.53. The Morgan fingerprint density at radius 1 is 1.12 bits per heavy atom. The number of anilines is 2. The number of nitrogens with zero attached hydrogens (tertiary/aromatic N) is 2. The average Bonchev–Trinajstić information content (AvgIpc) is 3.22. The Morgan fingerprint density at radius 3 is 2.53 bits per heavy atom. The molecule has 1 saturated heterocycles. The topological polar surface area (TPSA) is 125 Å². The molecule has 182 valence electrons. The van der Waals surface area contributed by atoms with E-state index in [1.165, 1.54) is 27.4 Å². The van der Waals surface area contributed by atoms with Gasteiger partial charge in [0.25, 0.3) is 0 Å². The maximum Gasteiger partial charge on any atom is 0.243 e. The SMILES string of the molecule is CCN(CC)S(=O)(=O)c1ccc(O)c(NC(=O)C2CC(=O)N(c3ccc4c(c3)OCCO4)C2)c1. The Bertz CT molecular complexity index is 1210. The predicted octanol–water partition coefficient (Wildman–Crippen LogP) is 2.19. The van der Waals surface area contributed by atoms with Crippen LogP contribution in [0.2, 0.25) is 0 Å². The summed E-state index contributed by atoms with van der Waals surface area (Å²) in [5, 5.41) is 12.8. The summed E-state index contributed by atoms with van der Waals surface area (Å²) in [5.41, 5.74) is 0.572. The highest BCUT2D eigenvalue weighted by atomic mass is 32.2. The third-order valence-corrected chi connectivity index (χ3v) is 7.95. The van der Waals surface area contributed by atoms with E-state index in [1.54, 1.807) is 32.0 Å². The van der Waals surface area contributed by atoms with Gasteiger partial charge in [-0.05, 0) is 30.3 Å². The normalized spacial score (nSPS) is 17.8. The lowest BCUT2D eigenvalue weighted by Gasteiger charge is -2.22. The number of amides is 2. The molecule has 0 spiro atoms. The van der Waals surface area contributed by atoms with Gasteiger partial charge in [-0.1, -0.05) is 13.8 Å². The van der Waals surface area contributed by atoms with Crippen LogP contribution in [-0.2, 0) is 19.6 Å². The molecule has 2 heterocycles. The van der Waals surface area contributed by atoms with Gasteiger partial charge in [0.2, 0.25) is 21.8 Å². The number of sulfonamides is 1. The highest BCUT2D eigenvalue weighted by Gasteiger charge is 2.36. The van der Waals surface area contributed by atoms with Crippen LogP contribution in [0.5, 0.6) is 17.2 Å². The van der Waals surface area contributed by atoms with Crippen molar-refractivity contribution in [2.45, 2.75) is 25.2 Å². The molecule has 2 amide bonds. The molecule has 1 atom stereocenters. The Kier molecular flexibility index (Phi) is 6.67. The van der Waals surface area contributed by atoms with E-state index < -0.39 is 21.8 Å². The lowest BCUT2D eigenvalue weighted by Crippen LogP contribution is -2.31. The molecule has 0 aliphatic carbocycles. The zero-order valence-corrected chi connectivity index (χ0v) is 19.8. The summed E-state index contributed by atoms with van der Waals surface area (Å²) in [6.45, 7) is 5.07. The predicted molar refractivity (Wildman–Crippen MR) is 125 cm³/mol. The summed E-state index contributed by atoms with van der Waals surface area (Å²) < 4.78 is 38.0. The van der Waals surface area contributed by atoms with Crippen LogP contribution in [0.4, 0.5) is 11.4 Å². The van der Waals surface area contributed by atoms with Crippen molar-refractivity contribution in [1.29, 1.82) is 0 Å². The molecular formula is C23H27N3O7S. The fourth-order valence-corrected chi connectivity index (χ4v) is 5.54. The molecule has 2 aliphatic rings. The van der Waals surface area contributed by atoms with Gasteiger partial charge in [0.1, 0.15) is 19.0 Å². The van der Waals surface area contributed by atoms with Crippen LogP contribution in [0.1, 0.15) is 20.3 Å². The van der Waals surface area contributed by atoms with E-state index in [-0.39, 0.29) is 35.2 Å². The number of nitrogens with one attached hydrogen (secondary N) is 1. The molecule has 2 aromatic rings. The number of fused-ring (bicyclic) bond motifs is 1. The van der Waals surface area contributed by atoms with Gasteiger partial charge in [0.05, 0.1) is 16.5 Å². The number of phenols is 1. The van der Waals surface area contributed by atoms with E-state index in [0.29, 0.717) is 43.5 Å². The number of carbonyl (C=O) groups excluding carboxylic acids is 2. The Labute approximate surface area is 198 Å². The van der Waals surface area contributed by atoms with Crippen molar-refractivity contribution >= 4 is 33.2 Å². The van der Waals surface area contributed by atoms with Gasteiger partial charge in [-0.3, -0.25) is 9.59 Å². The maximum absolute atomic E-state index is 12.9. The number of carbonyl (C=O) groups is 2. The van der Waals surface area contributed by atoms with Crippen molar-refractivity contribution in [3.05, 3.63) is 36.4 Å². The molecule has 11 heteroatoms. The minimum absolute atomic E-state index is 0.0154. The molecule has 4 rings (SSSR count). The van der Waals surface area contributed by atoms with E-state index in [4.69, 9.17) is 9.47 Å². The zero-order chi connectivity index (χ0) is 24.5. The van der Waals surface area contributed by atoms with Gasteiger partial charge in [-0.2, -0.15) is 4.31 Å². The van der Waals surface area contributed by atoms with Crippen LogP contribution < -0.4 is 19.7 Å². The second-order valence-electron chi connectivity index (χ2n) is 7.99. The molecule has 1 unspecified atom stereocenters. The number of hydrogen-bond acceptors (Lipinski definition) is 7. The maximum atomic E-state index is 12.9. The molecule has 1 fully saturated rings. The van der Waals surface area contributed by atoms with Gasteiger partial charge in [0.15, 0.2) is 11.5 Å². The smallest absolute Gasteiger partial charge is 0.243 e. The second-order valence-corrected chi connectivity index (χ2v) is 9.93. The van der Waals surface area contributed by atoms with Gasteiger partial charge in [-0.25, -0.2) is 8.42 Å². The fourth-order valence-electron chi connectivity index (χ4n) is 4.06. The van der Waals surface area contributed by atoms with Crippen molar-refractivity contribution in [2.75, 3.05) is 43.1 Å². The highest BCUT2D eigenvalue weighted by molar-refractivity contribution is 7.89. The quantitative estimate of drug-likeness (QED) is 0.571. The number of benzene rings is 2. The van der Waals surface area contributed by atoms with Crippen molar-refractivity contribution in [1.82, 2.24) is 4.31 Å². The molecule has 0 bridgehead atoms. The number of hydrogen-bond donors (Lipinski definition) is 2. The molecule has 0 aromatic heterocycles. The first-order valence-corrected chi connectivity index (χ1v) is 12.5. The zero-order valence-electron chi connectivity index (χ0n) is 19.0. The number of phenolic OH excluding ortho intramolecular Hbond substituents is 1. The van der Waals surface area contributed by atoms with Gasteiger partial charge >= 0.3 is 0 Å². The van der Waals surface area contributed by atoms with Gasteiger partial charge in [0, 0.05) is 37.8 Å². The Hall–Kier alpha value is -3.31. The van der Waals surface area contributed by atoms with Crippen molar-refractivity contribution < 1.29 is 32.6 Å². The monoisotopic (exact) mass is 489 g/mol. The highest BCUT2D eigenvalue weighted by Crippen LogP contribution is 2.36. The van der Waals surface area contributed by atoms with Crippen molar-refractivity contribution in [2.24, 2.45) is 5.92 Å². The van der Waals surface area contributed by atoms with Crippen LogP contribution >= 0.6 is 0 Å². The summed E-state index contributed by atoms with van der Waals surface area (Å²) in [6.07, 6.45) is -0.0154. The fraction of sp³-hybridized carbons (Fsp3) is 0.391. The minimum atomic E-state index is -3.77. The van der Waals surface area contributed by atoms with E-state index in [0.717, 1.165) is 0 Å². The summed E-state index contributed by atoms with van der Waals surface area (Å²) in [5.74, 6) is -0.505. The molecule has 34 heavy (non-hydrogen) atoms. The van der Waals surface area contributed by atoms with Crippen LogP contribution in [0, 0.1) is 5.92 Å². The molecule has 0 saturated carbocycles. The molecule has 2 aromatic carbocycles. The standard InChI is InChI=1S/C23H27N3O7S/c1-3-25(4-2)34(30,31)17-6-7-19(27)18(13-17)24-23(29)15-11-22(28)26(14-15)16-5-8-20-21(12-16)33-10-9-32-20/h5-8,12-13,15,27H,3-4,9-11,14H2,1-2H3,(H,24,29). The third-order valence-electron chi connectivity index (χ3n) is 5.90.